The molecule has 2 heterocycles. The van der Waals surface area contributed by atoms with Crippen LogP contribution in [0.15, 0.2) is 47.0 Å². The lowest BCUT2D eigenvalue weighted by Crippen LogP contribution is -2.24. The number of rotatable bonds is 3. The number of hydrogen-bond donors (Lipinski definition) is 0. The van der Waals surface area contributed by atoms with Gasteiger partial charge in [-0.3, -0.25) is 4.79 Å². The maximum absolute atomic E-state index is 13.4. The molecule has 0 aliphatic carbocycles. The molecule has 0 radical (unpaired) electrons. The Morgan fingerprint density at radius 1 is 1.15 bits per heavy atom. The fourth-order valence-corrected chi connectivity index (χ4v) is 3.12. The Morgan fingerprint density at radius 2 is 1.92 bits per heavy atom. The number of benzene rings is 2. The first-order chi connectivity index (χ1) is 12.5. The van der Waals surface area contributed by atoms with E-state index in [1.54, 1.807) is 0 Å². The van der Waals surface area contributed by atoms with Crippen LogP contribution >= 0.6 is 0 Å². The summed E-state index contributed by atoms with van der Waals surface area (Å²) in [6, 6.07) is 10.7. The minimum atomic E-state index is -0.726. The highest BCUT2D eigenvalue weighted by atomic mass is 19.1. The van der Waals surface area contributed by atoms with Crippen molar-refractivity contribution in [3.63, 3.8) is 0 Å². The Hall–Kier alpha value is -3.09. The molecule has 2 aromatic carbocycles. The molecule has 5 nitrogen and oxygen atoms in total. The minimum Gasteiger partial charge on any atom is -0.339 e. The van der Waals surface area contributed by atoms with Gasteiger partial charge in [0.2, 0.25) is 17.6 Å². The van der Waals surface area contributed by atoms with E-state index in [9.17, 15) is 13.6 Å². The van der Waals surface area contributed by atoms with E-state index in [0.29, 0.717) is 11.7 Å². The molecule has 0 N–H and O–H groups in total. The molecular weight excluding hydrogens is 340 g/mol. The van der Waals surface area contributed by atoms with Crippen LogP contribution in [-0.2, 0) is 4.79 Å². The van der Waals surface area contributed by atoms with E-state index in [1.807, 2.05) is 31.2 Å². The number of hydrogen-bond acceptors (Lipinski definition) is 4. The largest absolute Gasteiger partial charge is 0.339 e. The zero-order valence-electron chi connectivity index (χ0n) is 13.9. The van der Waals surface area contributed by atoms with Crippen molar-refractivity contribution in [3.05, 3.63) is 65.6 Å². The summed E-state index contributed by atoms with van der Waals surface area (Å²) in [4.78, 5) is 18.0. The number of amides is 1. The zero-order valence-corrected chi connectivity index (χ0v) is 13.9. The van der Waals surface area contributed by atoms with Crippen LogP contribution < -0.4 is 4.90 Å². The highest BCUT2D eigenvalue weighted by molar-refractivity contribution is 5.96. The molecule has 1 aromatic heterocycles. The van der Waals surface area contributed by atoms with Crippen molar-refractivity contribution in [1.82, 2.24) is 10.1 Å². The Morgan fingerprint density at radius 3 is 2.65 bits per heavy atom. The van der Waals surface area contributed by atoms with Gasteiger partial charge in [0.25, 0.3) is 0 Å². The molecular formula is C19H15F2N3O2. The van der Waals surface area contributed by atoms with Crippen LogP contribution in [0.5, 0.6) is 0 Å². The lowest BCUT2D eigenvalue weighted by Gasteiger charge is -2.16. The third-order valence-corrected chi connectivity index (χ3v) is 4.35. The summed E-state index contributed by atoms with van der Waals surface area (Å²) in [5.41, 5.74) is 2.09. The van der Waals surface area contributed by atoms with Gasteiger partial charge in [-0.15, -0.1) is 0 Å². The summed E-state index contributed by atoms with van der Waals surface area (Å²) >= 11 is 0. The molecule has 1 aliphatic heterocycles. The molecule has 26 heavy (non-hydrogen) atoms. The molecule has 132 valence electrons. The Labute approximate surface area is 148 Å². The number of aryl methyl sites for hydroxylation is 1. The number of carbonyl (C=O) groups is 1. The molecule has 3 aromatic rings. The Bertz CT molecular complexity index is 966. The number of anilines is 1. The van der Waals surface area contributed by atoms with Crippen LogP contribution in [0.4, 0.5) is 14.5 Å². The van der Waals surface area contributed by atoms with Gasteiger partial charge in [-0.2, -0.15) is 4.98 Å². The number of nitrogens with zero attached hydrogens (tertiary/aromatic N) is 3. The van der Waals surface area contributed by atoms with E-state index < -0.39 is 11.6 Å². The molecule has 1 aliphatic rings. The van der Waals surface area contributed by atoms with E-state index in [2.05, 4.69) is 10.1 Å². The minimum absolute atomic E-state index is 0.146. The average molecular weight is 355 g/mol. The molecule has 1 amide bonds. The number of halogens is 2. The van der Waals surface area contributed by atoms with Crippen molar-refractivity contribution in [2.45, 2.75) is 19.3 Å². The molecule has 7 heteroatoms. The first-order valence-corrected chi connectivity index (χ1v) is 8.17. The smallest absolute Gasteiger partial charge is 0.232 e. The van der Waals surface area contributed by atoms with Gasteiger partial charge in [0.15, 0.2) is 0 Å². The van der Waals surface area contributed by atoms with E-state index in [0.717, 1.165) is 29.3 Å². The summed E-state index contributed by atoms with van der Waals surface area (Å²) in [6.45, 7) is 2.20. The van der Waals surface area contributed by atoms with Gasteiger partial charge < -0.3 is 9.42 Å². The number of carbonyl (C=O) groups excluding carboxylic acids is 1. The van der Waals surface area contributed by atoms with E-state index in [-0.39, 0.29) is 30.5 Å². The molecule has 1 unspecified atom stereocenters. The van der Waals surface area contributed by atoms with Crippen molar-refractivity contribution in [2.75, 3.05) is 11.4 Å². The Kier molecular flexibility index (Phi) is 3.99. The van der Waals surface area contributed by atoms with Crippen molar-refractivity contribution in [1.29, 1.82) is 0 Å². The second kappa shape index (κ2) is 6.33. The lowest BCUT2D eigenvalue weighted by atomic mass is 10.1. The van der Waals surface area contributed by atoms with E-state index in [4.69, 9.17) is 4.52 Å². The van der Waals surface area contributed by atoms with Crippen LogP contribution in [0.3, 0.4) is 0 Å². The zero-order chi connectivity index (χ0) is 18.3. The van der Waals surface area contributed by atoms with E-state index in [1.165, 1.54) is 4.90 Å². The standard InChI is InChI=1S/C19H15F2N3O2/c1-11-3-2-4-12(5-11)18-22-19(26-23-18)13-6-17(25)24(10-13)16-8-14(20)7-15(21)9-16/h2-5,7-9,13H,6,10H2,1H3. The molecule has 1 atom stereocenters. The lowest BCUT2D eigenvalue weighted by molar-refractivity contribution is -0.117. The molecule has 0 bridgehead atoms. The fraction of sp³-hybridized carbons (Fsp3) is 0.211. The van der Waals surface area contributed by atoms with Crippen LogP contribution in [0.25, 0.3) is 11.4 Å². The molecule has 1 saturated heterocycles. The third kappa shape index (κ3) is 3.08. The fourth-order valence-electron chi connectivity index (χ4n) is 3.12. The first kappa shape index (κ1) is 16.4. The van der Waals surface area contributed by atoms with Crippen LogP contribution in [-0.4, -0.2) is 22.6 Å². The molecule has 4 rings (SSSR count). The van der Waals surface area contributed by atoms with Crippen LogP contribution in [0, 0.1) is 18.6 Å². The summed E-state index contributed by atoms with van der Waals surface area (Å²) in [5, 5.41) is 3.99. The molecule has 0 saturated carbocycles. The highest BCUT2D eigenvalue weighted by Gasteiger charge is 2.35. The molecule has 1 fully saturated rings. The normalized spacial score (nSPS) is 17.1. The van der Waals surface area contributed by atoms with Crippen molar-refractivity contribution in [3.8, 4) is 11.4 Å². The first-order valence-electron chi connectivity index (χ1n) is 8.17. The predicted molar refractivity (Wildman–Crippen MR) is 90.5 cm³/mol. The summed E-state index contributed by atoms with van der Waals surface area (Å²) in [7, 11) is 0. The van der Waals surface area contributed by atoms with Gasteiger partial charge in [-0.25, -0.2) is 8.78 Å². The van der Waals surface area contributed by atoms with Gasteiger partial charge in [0.1, 0.15) is 11.6 Å². The summed E-state index contributed by atoms with van der Waals surface area (Å²) in [5.74, 6) is -1.22. The quantitative estimate of drug-likeness (QED) is 0.716. The second-order valence-corrected chi connectivity index (χ2v) is 6.36. The number of aromatic nitrogens is 2. The third-order valence-electron chi connectivity index (χ3n) is 4.35. The van der Waals surface area contributed by atoms with E-state index >= 15 is 0 Å². The maximum atomic E-state index is 13.4. The monoisotopic (exact) mass is 355 g/mol. The topological polar surface area (TPSA) is 59.2 Å². The average Bonchev–Trinajstić information content (AvgIpc) is 3.20. The summed E-state index contributed by atoms with van der Waals surface area (Å²) < 4.78 is 32.2. The van der Waals surface area contributed by atoms with Crippen LogP contribution in [0.1, 0.15) is 23.8 Å². The van der Waals surface area contributed by atoms with Gasteiger partial charge in [-0.05, 0) is 25.1 Å². The molecule has 0 spiro atoms. The van der Waals surface area contributed by atoms with Crippen LogP contribution in [0.2, 0.25) is 0 Å². The maximum Gasteiger partial charge on any atom is 0.232 e. The summed E-state index contributed by atoms with van der Waals surface area (Å²) in [6.07, 6.45) is 0.146. The Balaban J connectivity index is 1.58. The van der Waals surface area contributed by atoms with Gasteiger partial charge in [-0.1, -0.05) is 28.9 Å². The van der Waals surface area contributed by atoms with Crippen molar-refractivity contribution >= 4 is 11.6 Å². The highest BCUT2D eigenvalue weighted by Crippen LogP contribution is 2.32. The van der Waals surface area contributed by atoms with Gasteiger partial charge in [0, 0.05) is 30.3 Å². The van der Waals surface area contributed by atoms with Gasteiger partial charge >= 0.3 is 0 Å². The predicted octanol–water partition coefficient (Wildman–Crippen LogP) is 3.84. The SMILES string of the molecule is Cc1cccc(-c2noc(C3CC(=O)N(c4cc(F)cc(F)c4)C3)n2)c1. The van der Waals surface area contributed by atoms with Crippen molar-refractivity contribution in [2.24, 2.45) is 0 Å². The van der Waals surface area contributed by atoms with Gasteiger partial charge in [0.05, 0.1) is 5.92 Å². The second-order valence-electron chi connectivity index (χ2n) is 6.36. The van der Waals surface area contributed by atoms with Crippen molar-refractivity contribution < 1.29 is 18.1 Å².